The zero-order valence-electron chi connectivity index (χ0n) is 9.91. The molecule has 18 heavy (non-hydrogen) atoms. The summed E-state index contributed by atoms with van der Waals surface area (Å²) < 4.78 is 5.23. The maximum Gasteiger partial charge on any atom is 0.134 e. The maximum atomic E-state index is 5.91. The van der Waals surface area contributed by atoms with Crippen LogP contribution in [-0.4, -0.2) is 7.11 Å². The van der Waals surface area contributed by atoms with Crippen molar-refractivity contribution in [2.75, 3.05) is 12.8 Å². The predicted molar refractivity (Wildman–Crippen MR) is 74.8 cm³/mol. The van der Waals surface area contributed by atoms with Gasteiger partial charge in [0.2, 0.25) is 0 Å². The minimum absolute atomic E-state index is 0.613. The number of nitrogen functional groups attached to an aromatic ring is 1. The van der Waals surface area contributed by atoms with E-state index in [2.05, 4.69) is 11.8 Å². The van der Waals surface area contributed by atoms with E-state index in [1.54, 1.807) is 25.3 Å². The molecule has 0 saturated carbocycles. The van der Waals surface area contributed by atoms with E-state index in [0.717, 1.165) is 11.3 Å². The second-order valence-electron chi connectivity index (χ2n) is 3.68. The van der Waals surface area contributed by atoms with Gasteiger partial charge in [-0.2, -0.15) is 0 Å². The number of para-hydroxylation sites is 1. The Kier molecular flexibility index (Phi) is 3.76. The minimum Gasteiger partial charge on any atom is -0.495 e. The van der Waals surface area contributed by atoms with Gasteiger partial charge in [-0.1, -0.05) is 35.6 Å². The summed E-state index contributed by atoms with van der Waals surface area (Å²) in [6.45, 7) is 0. The topological polar surface area (TPSA) is 35.2 Å². The first-order chi connectivity index (χ1) is 8.70. The number of nitrogens with two attached hydrogens (primary N) is 1. The second-order valence-corrected chi connectivity index (χ2v) is 4.12. The first-order valence-corrected chi connectivity index (χ1v) is 5.78. The van der Waals surface area contributed by atoms with E-state index in [1.807, 2.05) is 24.3 Å². The van der Waals surface area contributed by atoms with Crippen LogP contribution in [-0.2, 0) is 0 Å². The summed E-state index contributed by atoms with van der Waals surface area (Å²) in [6, 6.07) is 12.8. The number of anilines is 1. The zero-order chi connectivity index (χ0) is 13.0. The summed E-state index contributed by atoms with van der Waals surface area (Å²) in [4.78, 5) is 0. The summed E-state index contributed by atoms with van der Waals surface area (Å²) in [7, 11) is 1.62. The molecule has 0 spiro atoms. The average molecular weight is 258 g/mol. The van der Waals surface area contributed by atoms with Crippen molar-refractivity contribution in [1.29, 1.82) is 0 Å². The normalized spacial score (nSPS) is 9.44. The van der Waals surface area contributed by atoms with E-state index in [4.69, 9.17) is 22.1 Å². The Labute approximate surface area is 111 Å². The Bertz CT molecular complexity index is 626. The highest BCUT2D eigenvalue weighted by Gasteiger charge is 1.99. The smallest absolute Gasteiger partial charge is 0.134 e. The summed E-state index contributed by atoms with van der Waals surface area (Å²) >= 11 is 5.91. The molecule has 0 atom stereocenters. The molecular formula is C15H12ClNO. The number of rotatable bonds is 1. The van der Waals surface area contributed by atoms with Crippen LogP contribution in [0.3, 0.4) is 0 Å². The van der Waals surface area contributed by atoms with Gasteiger partial charge in [-0.15, -0.1) is 0 Å². The monoisotopic (exact) mass is 257 g/mol. The van der Waals surface area contributed by atoms with Gasteiger partial charge in [-0.25, -0.2) is 0 Å². The highest BCUT2D eigenvalue weighted by atomic mass is 35.5. The molecule has 0 saturated heterocycles. The van der Waals surface area contributed by atoms with Crippen LogP contribution < -0.4 is 10.5 Å². The molecule has 0 radical (unpaired) electrons. The highest BCUT2D eigenvalue weighted by Crippen LogP contribution is 2.18. The molecule has 2 rings (SSSR count). The van der Waals surface area contributed by atoms with Gasteiger partial charge in [-0.3, -0.25) is 0 Å². The third-order valence-electron chi connectivity index (χ3n) is 2.45. The van der Waals surface area contributed by atoms with Crippen LogP contribution in [0, 0.1) is 11.8 Å². The molecule has 2 nitrogen and oxygen atoms in total. The van der Waals surface area contributed by atoms with Gasteiger partial charge in [0.05, 0.1) is 12.7 Å². The fourth-order valence-electron chi connectivity index (χ4n) is 1.52. The molecule has 90 valence electrons. The first-order valence-electron chi connectivity index (χ1n) is 5.41. The fraction of sp³-hybridized carbons (Fsp3) is 0.0667. The minimum atomic E-state index is 0.613. The molecule has 0 aromatic heterocycles. The highest BCUT2D eigenvalue weighted by molar-refractivity contribution is 6.30. The molecule has 0 aliphatic rings. The van der Waals surface area contributed by atoms with Crippen LogP contribution in [0.15, 0.2) is 42.5 Å². The summed E-state index contributed by atoms with van der Waals surface area (Å²) in [5.41, 5.74) is 7.98. The Morgan fingerprint density at radius 3 is 2.56 bits per heavy atom. The molecule has 0 heterocycles. The third kappa shape index (κ3) is 2.77. The van der Waals surface area contributed by atoms with Crippen LogP contribution in [0.4, 0.5) is 5.69 Å². The molecular weight excluding hydrogens is 246 g/mol. The molecule has 0 aliphatic carbocycles. The molecule has 0 bridgehead atoms. The van der Waals surface area contributed by atoms with Crippen molar-refractivity contribution in [3.05, 3.63) is 58.6 Å². The Hall–Kier alpha value is -2.11. The van der Waals surface area contributed by atoms with Crippen molar-refractivity contribution in [3.8, 4) is 17.6 Å². The van der Waals surface area contributed by atoms with Crippen LogP contribution in [0.5, 0.6) is 5.75 Å². The molecule has 2 aromatic carbocycles. The van der Waals surface area contributed by atoms with Gasteiger partial charge in [0, 0.05) is 16.3 Å². The number of hydrogen-bond acceptors (Lipinski definition) is 2. The SMILES string of the molecule is COc1ccccc1C#Cc1cc(Cl)ccc1N. The standard InChI is InChI=1S/C15H12ClNO/c1-18-15-5-3-2-4-11(15)6-7-12-10-13(16)8-9-14(12)17/h2-5,8-10H,17H2,1H3. The Morgan fingerprint density at radius 1 is 1.06 bits per heavy atom. The number of halogens is 1. The lowest BCUT2D eigenvalue weighted by atomic mass is 10.1. The van der Waals surface area contributed by atoms with Crippen LogP contribution >= 0.6 is 11.6 Å². The average Bonchev–Trinajstić information content (AvgIpc) is 2.40. The zero-order valence-corrected chi connectivity index (χ0v) is 10.7. The molecule has 0 unspecified atom stereocenters. The number of ether oxygens (including phenoxy) is 1. The first kappa shape index (κ1) is 12.3. The van der Waals surface area contributed by atoms with E-state index >= 15 is 0 Å². The lowest BCUT2D eigenvalue weighted by Gasteiger charge is -2.01. The van der Waals surface area contributed by atoms with Crippen molar-refractivity contribution in [3.63, 3.8) is 0 Å². The van der Waals surface area contributed by atoms with E-state index in [1.165, 1.54) is 0 Å². The lowest BCUT2D eigenvalue weighted by Crippen LogP contribution is -1.90. The van der Waals surface area contributed by atoms with E-state index in [-0.39, 0.29) is 0 Å². The molecule has 3 heteroatoms. The number of hydrogen-bond donors (Lipinski definition) is 1. The second kappa shape index (κ2) is 5.48. The van der Waals surface area contributed by atoms with Crippen LogP contribution in [0.1, 0.15) is 11.1 Å². The van der Waals surface area contributed by atoms with Gasteiger partial charge in [0.25, 0.3) is 0 Å². The summed E-state index contributed by atoms with van der Waals surface area (Å²) in [6.07, 6.45) is 0. The van der Waals surface area contributed by atoms with Gasteiger partial charge in [0.15, 0.2) is 0 Å². The van der Waals surface area contributed by atoms with Crippen molar-refractivity contribution >= 4 is 17.3 Å². The lowest BCUT2D eigenvalue weighted by molar-refractivity contribution is 0.413. The van der Waals surface area contributed by atoms with Gasteiger partial charge in [0.1, 0.15) is 5.75 Å². The van der Waals surface area contributed by atoms with Crippen LogP contribution in [0.2, 0.25) is 5.02 Å². The third-order valence-corrected chi connectivity index (χ3v) is 2.69. The Balaban J connectivity index is 2.40. The molecule has 0 amide bonds. The van der Waals surface area contributed by atoms with Gasteiger partial charge >= 0.3 is 0 Å². The number of benzene rings is 2. The van der Waals surface area contributed by atoms with Gasteiger partial charge < -0.3 is 10.5 Å². The van der Waals surface area contributed by atoms with E-state index in [9.17, 15) is 0 Å². The fourth-order valence-corrected chi connectivity index (χ4v) is 1.69. The summed E-state index contributed by atoms with van der Waals surface area (Å²) in [5.74, 6) is 6.78. The quantitative estimate of drug-likeness (QED) is 0.628. The van der Waals surface area contributed by atoms with Crippen molar-refractivity contribution < 1.29 is 4.74 Å². The van der Waals surface area contributed by atoms with Crippen molar-refractivity contribution in [2.45, 2.75) is 0 Å². The number of methoxy groups -OCH3 is 1. The van der Waals surface area contributed by atoms with E-state index < -0.39 is 0 Å². The summed E-state index contributed by atoms with van der Waals surface area (Å²) in [5, 5.41) is 0.619. The maximum absolute atomic E-state index is 5.91. The molecule has 2 N–H and O–H groups in total. The molecule has 0 aliphatic heterocycles. The van der Waals surface area contributed by atoms with Gasteiger partial charge in [-0.05, 0) is 30.3 Å². The predicted octanol–water partition coefficient (Wildman–Crippen LogP) is 3.33. The molecule has 0 fully saturated rings. The van der Waals surface area contributed by atoms with Crippen molar-refractivity contribution in [1.82, 2.24) is 0 Å². The molecule has 2 aromatic rings. The van der Waals surface area contributed by atoms with Crippen LogP contribution in [0.25, 0.3) is 0 Å². The Morgan fingerprint density at radius 2 is 1.78 bits per heavy atom. The van der Waals surface area contributed by atoms with E-state index in [0.29, 0.717) is 16.3 Å². The van der Waals surface area contributed by atoms with Crippen molar-refractivity contribution in [2.24, 2.45) is 0 Å². The largest absolute Gasteiger partial charge is 0.495 e.